The minimum atomic E-state index is -1.10. The normalized spacial score (nSPS) is 32.7. The van der Waals surface area contributed by atoms with E-state index in [4.69, 9.17) is 9.47 Å². The molecule has 0 spiro atoms. The quantitative estimate of drug-likeness (QED) is 0.393. The van der Waals surface area contributed by atoms with E-state index >= 15 is 0 Å². The molecule has 1 heterocycles. The minimum absolute atomic E-state index is 0.0423. The van der Waals surface area contributed by atoms with E-state index in [9.17, 15) is 24.6 Å². The number of ether oxygens (including phenoxy) is 2. The van der Waals surface area contributed by atoms with E-state index in [2.05, 4.69) is 19.2 Å². The number of rotatable bonds is 9. The summed E-state index contributed by atoms with van der Waals surface area (Å²) in [6.07, 6.45) is 6.60. The van der Waals surface area contributed by atoms with Crippen molar-refractivity contribution in [2.24, 2.45) is 29.1 Å². The highest BCUT2D eigenvalue weighted by atomic mass is 16.5. The molecule has 7 unspecified atom stereocenters. The smallest absolute Gasteiger partial charge is 0.247 e. The molecule has 7 atom stereocenters. The lowest BCUT2D eigenvalue weighted by Gasteiger charge is -2.61. The van der Waals surface area contributed by atoms with Gasteiger partial charge in [-0.15, -0.1) is 0 Å². The molecule has 0 radical (unpaired) electrons. The number of methoxy groups -OCH3 is 1. The van der Waals surface area contributed by atoms with Crippen LogP contribution in [-0.2, 0) is 9.59 Å². The average molecular weight is 567 g/mol. The van der Waals surface area contributed by atoms with Gasteiger partial charge in [-0.25, -0.2) is 0 Å². The van der Waals surface area contributed by atoms with Crippen LogP contribution in [0.15, 0.2) is 23.8 Å². The van der Waals surface area contributed by atoms with Crippen molar-refractivity contribution < 1.29 is 34.1 Å². The van der Waals surface area contributed by atoms with Crippen LogP contribution in [0.4, 0.5) is 0 Å². The van der Waals surface area contributed by atoms with Gasteiger partial charge in [-0.05, 0) is 73.5 Å². The summed E-state index contributed by atoms with van der Waals surface area (Å²) in [5.41, 5.74) is 1.57. The first-order valence-electron chi connectivity index (χ1n) is 15.1. The van der Waals surface area contributed by atoms with Crippen LogP contribution >= 0.6 is 0 Å². The number of benzene rings is 1. The number of hydrogen-bond donors (Lipinski definition) is 3. The van der Waals surface area contributed by atoms with Crippen LogP contribution in [0.1, 0.15) is 74.2 Å². The van der Waals surface area contributed by atoms with Gasteiger partial charge in [0.25, 0.3) is 0 Å². The molecule has 2 amide bonds. The van der Waals surface area contributed by atoms with Crippen LogP contribution in [0.5, 0.6) is 11.5 Å². The Kier molecular flexibility index (Phi) is 7.39. The zero-order valence-corrected chi connectivity index (χ0v) is 24.2. The molecule has 3 N–H and O–H groups in total. The van der Waals surface area contributed by atoms with Gasteiger partial charge in [-0.2, -0.15) is 0 Å². The molecule has 6 aliphatic rings. The second kappa shape index (κ2) is 10.7. The van der Waals surface area contributed by atoms with Gasteiger partial charge in [0.2, 0.25) is 11.8 Å². The first kappa shape index (κ1) is 28.2. The summed E-state index contributed by atoms with van der Waals surface area (Å²) >= 11 is 0. The van der Waals surface area contributed by atoms with Gasteiger partial charge in [0.15, 0.2) is 11.5 Å². The predicted molar refractivity (Wildman–Crippen MR) is 151 cm³/mol. The Morgan fingerprint density at radius 2 is 2.00 bits per heavy atom. The summed E-state index contributed by atoms with van der Waals surface area (Å²) in [5.74, 6) is 1.26. The van der Waals surface area contributed by atoms with E-state index in [1.54, 1.807) is 18.2 Å². The number of fused-ring (bicyclic) bond motifs is 5. The highest BCUT2D eigenvalue weighted by Crippen LogP contribution is 2.61. The summed E-state index contributed by atoms with van der Waals surface area (Å²) in [5, 5.41) is 24.1. The maximum Gasteiger partial charge on any atom is 0.247 e. The molecule has 4 saturated carbocycles. The molecule has 1 aromatic rings. The number of nitrogens with one attached hydrogen (secondary N) is 1. The lowest BCUT2D eigenvalue weighted by Crippen LogP contribution is -2.60. The maximum atomic E-state index is 14.0. The number of aliphatic hydroxyl groups excluding tert-OH is 2. The Labute approximate surface area is 241 Å². The van der Waals surface area contributed by atoms with Crippen molar-refractivity contribution in [3.05, 3.63) is 34.9 Å². The summed E-state index contributed by atoms with van der Waals surface area (Å²) in [6, 6.07) is 2.50. The zero-order valence-electron chi connectivity index (χ0n) is 24.2. The van der Waals surface area contributed by atoms with Crippen LogP contribution < -0.4 is 14.8 Å². The molecule has 9 nitrogen and oxygen atoms in total. The molecule has 0 aromatic heterocycles. The number of carbonyl (C=O) groups is 3. The summed E-state index contributed by atoms with van der Waals surface area (Å²) in [6.45, 7) is 5.07. The van der Waals surface area contributed by atoms with E-state index in [1.165, 1.54) is 13.5 Å². The molecule has 9 heteroatoms. The van der Waals surface area contributed by atoms with Crippen molar-refractivity contribution in [1.82, 2.24) is 10.2 Å². The van der Waals surface area contributed by atoms with E-state index in [0.29, 0.717) is 52.9 Å². The van der Waals surface area contributed by atoms with Gasteiger partial charge in [-0.1, -0.05) is 20.3 Å². The topological polar surface area (TPSA) is 125 Å². The fourth-order valence-corrected chi connectivity index (χ4v) is 8.24. The second-order valence-corrected chi connectivity index (χ2v) is 13.2. The lowest BCUT2D eigenvalue weighted by molar-refractivity contribution is -0.152. The Balaban J connectivity index is 1.40. The predicted octanol–water partition coefficient (Wildman–Crippen LogP) is 2.83. The number of amides is 2. The number of carbonyl (C=O) groups excluding carboxylic acids is 3. The largest absolute Gasteiger partial charge is 0.493 e. The lowest BCUT2D eigenvalue weighted by atomic mass is 9.45. The molecule has 1 aromatic carbocycles. The first-order chi connectivity index (χ1) is 19.7. The van der Waals surface area contributed by atoms with E-state index in [-0.39, 0.29) is 30.4 Å². The van der Waals surface area contributed by atoms with Crippen LogP contribution in [0, 0.1) is 29.1 Å². The Morgan fingerprint density at radius 3 is 2.61 bits per heavy atom. The van der Waals surface area contributed by atoms with E-state index in [0.717, 1.165) is 38.0 Å². The Bertz CT molecular complexity index is 1250. The van der Waals surface area contributed by atoms with Crippen LogP contribution in [0.25, 0.3) is 0 Å². The van der Waals surface area contributed by atoms with Crippen molar-refractivity contribution >= 4 is 18.1 Å². The third-order valence-corrected chi connectivity index (χ3v) is 10.9. The zero-order chi connectivity index (χ0) is 29.1. The van der Waals surface area contributed by atoms with Gasteiger partial charge in [0.1, 0.15) is 18.5 Å². The SMILES string of the molecule is COc1cc(C=O)cc2c1OC1C2C(C(=O)NCCO)=CC(N(CC2CCC3CC2C3(C)C)C(=O)C2CCC2)C1O. The van der Waals surface area contributed by atoms with E-state index in [1.807, 2.05) is 4.90 Å². The Hall–Kier alpha value is -2.91. The van der Waals surface area contributed by atoms with Crippen molar-refractivity contribution in [2.75, 3.05) is 26.8 Å². The monoisotopic (exact) mass is 566 g/mol. The van der Waals surface area contributed by atoms with Crippen molar-refractivity contribution in [1.29, 1.82) is 0 Å². The number of nitrogens with zero attached hydrogens (tertiary/aromatic N) is 1. The first-order valence-corrected chi connectivity index (χ1v) is 15.1. The highest BCUT2D eigenvalue weighted by molar-refractivity contribution is 5.96. The number of aldehydes is 1. The molecule has 5 aliphatic carbocycles. The average Bonchev–Trinajstić information content (AvgIpc) is 3.33. The van der Waals surface area contributed by atoms with Crippen molar-refractivity contribution in [2.45, 2.75) is 76.5 Å². The summed E-state index contributed by atoms with van der Waals surface area (Å²) < 4.78 is 11.9. The third kappa shape index (κ3) is 4.56. The van der Waals surface area contributed by atoms with Crippen molar-refractivity contribution in [3.63, 3.8) is 0 Å². The van der Waals surface area contributed by atoms with Gasteiger partial charge in [0, 0.05) is 35.7 Å². The second-order valence-electron chi connectivity index (χ2n) is 13.2. The molecule has 7 rings (SSSR count). The summed E-state index contributed by atoms with van der Waals surface area (Å²) in [7, 11) is 1.48. The van der Waals surface area contributed by atoms with Gasteiger partial charge in [-0.3, -0.25) is 14.4 Å². The third-order valence-electron chi connectivity index (χ3n) is 10.9. The molecule has 41 heavy (non-hydrogen) atoms. The maximum absolute atomic E-state index is 14.0. The molecule has 0 saturated heterocycles. The molecule has 4 fully saturated rings. The fraction of sp³-hybridized carbons (Fsp3) is 0.656. The van der Waals surface area contributed by atoms with Gasteiger partial charge < -0.3 is 29.9 Å². The minimum Gasteiger partial charge on any atom is -0.493 e. The van der Waals surface area contributed by atoms with Crippen LogP contribution in [0.2, 0.25) is 0 Å². The number of hydrogen-bond acceptors (Lipinski definition) is 7. The van der Waals surface area contributed by atoms with Gasteiger partial charge in [0.05, 0.1) is 25.7 Å². The highest BCUT2D eigenvalue weighted by Gasteiger charge is 2.56. The van der Waals surface area contributed by atoms with Crippen molar-refractivity contribution in [3.8, 4) is 11.5 Å². The Morgan fingerprint density at radius 1 is 1.22 bits per heavy atom. The van der Waals surface area contributed by atoms with Crippen LogP contribution in [0.3, 0.4) is 0 Å². The standard InChI is InChI=1S/C32H42N2O7/c1-32(2)20-8-7-19(23(32)13-20)15-34(31(39)18-5-4-6-18)24-14-22(30(38)33-9-10-35)26-21-11-17(16-36)12-25(40-3)28(21)41-29(26)27(24)37/h11-12,14,16,18-20,23-24,26-27,29,35,37H,4-10,13,15H2,1-3H3,(H,33,38). The summed E-state index contributed by atoms with van der Waals surface area (Å²) in [4.78, 5) is 41.2. The molecule has 222 valence electrons. The molecule has 2 bridgehead atoms. The molecular weight excluding hydrogens is 524 g/mol. The van der Waals surface area contributed by atoms with Gasteiger partial charge >= 0.3 is 0 Å². The molecule has 1 aliphatic heterocycles. The number of aliphatic hydroxyl groups is 2. The van der Waals surface area contributed by atoms with Crippen LogP contribution in [-0.4, -0.2) is 78.3 Å². The molecular formula is C32H42N2O7. The van der Waals surface area contributed by atoms with E-state index < -0.39 is 30.1 Å². The fourth-order valence-electron chi connectivity index (χ4n) is 8.24.